The van der Waals surface area contributed by atoms with Crippen molar-refractivity contribution in [2.75, 3.05) is 13.2 Å². The molecule has 2 nitrogen and oxygen atoms in total. The molecular formula is C15H23NO. The summed E-state index contributed by atoms with van der Waals surface area (Å²) in [5, 5.41) is 3.51. The fraction of sp³-hybridized carbons (Fsp3) is 0.600. The highest BCUT2D eigenvalue weighted by molar-refractivity contribution is 5.30. The van der Waals surface area contributed by atoms with Crippen LogP contribution < -0.4 is 5.32 Å². The van der Waals surface area contributed by atoms with Crippen molar-refractivity contribution in [1.82, 2.24) is 5.32 Å². The van der Waals surface area contributed by atoms with E-state index in [0.717, 1.165) is 19.7 Å². The Morgan fingerprint density at radius 1 is 1.29 bits per heavy atom. The summed E-state index contributed by atoms with van der Waals surface area (Å²) in [6, 6.07) is 6.64. The Morgan fingerprint density at radius 2 is 2.18 bits per heavy atom. The summed E-state index contributed by atoms with van der Waals surface area (Å²) in [6.45, 7) is 7.19. The van der Waals surface area contributed by atoms with E-state index >= 15 is 0 Å². The second-order valence-electron chi connectivity index (χ2n) is 5.05. The molecule has 1 fully saturated rings. The minimum atomic E-state index is 0.425. The Balaban J connectivity index is 1.79. The van der Waals surface area contributed by atoms with Crippen molar-refractivity contribution in [2.24, 2.45) is 0 Å². The van der Waals surface area contributed by atoms with Gasteiger partial charge in [-0.15, -0.1) is 0 Å². The van der Waals surface area contributed by atoms with E-state index in [1.54, 1.807) is 0 Å². The average molecular weight is 233 g/mol. The van der Waals surface area contributed by atoms with Gasteiger partial charge in [-0.2, -0.15) is 0 Å². The Morgan fingerprint density at radius 3 is 2.94 bits per heavy atom. The summed E-state index contributed by atoms with van der Waals surface area (Å²) < 4.78 is 5.71. The van der Waals surface area contributed by atoms with Crippen LogP contribution in [0.4, 0.5) is 0 Å². The Bertz CT molecular complexity index is 356. The molecule has 0 bridgehead atoms. The lowest BCUT2D eigenvalue weighted by Gasteiger charge is -2.23. The first-order chi connectivity index (χ1) is 8.25. The fourth-order valence-corrected chi connectivity index (χ4v) is 2.33. The quantitative estimate of drug-likeness (QED) is 0.863. The third kappa shape index (κ3) is 3.83. The molecule has 1 saturated heterocycles. The van der Waals surface area contributed by atoms with E-state index in [2.05, 4.69) is 37.4 Å². The molecule has 1 unspecified atom stereocenters. The topological polar surface area (TPSA) is 21.3 Å². The van der Waals surface area contributed by atoms with Crippen molar-refractivity contribution in [2.45, 2.75) is 45.8 Å². The molecule has 2 heteroatoms. The smallest absolute Gasteiger partial charge is 0.0699 e. The zero-order chi connectivity index (χ0) is 12.1. The molecule has 0 spiro atoms. The highest BCUT2D eigenvalue weighted by Gasteiger charge is 2.12. The Hall–Kier alpha value is -0.860. The summed E-state index contributed by atoms with van der Waals surface area (Å²) in [6.07, 6.45) is 4.18. The molecule has 0 radical (unpaired) electrons. The van der Waals surface area contributed by atoms with Gasteiger partial charge in [0.05, 0.1) is 6.10 Å². The van der Waals surface area contributed by atoms with E-state index in [-0.39, 0.29) is 0 Å². The number of nitrogens with one attached hydrogen (secondary N) is 1. The van der Waals surface area contributed by atoms with Gasteiger partial charge >= 0.3 is 0 Å². The molecule has 1 aromatic rings. The maximum absolute atomic E-state index is 5.71. The van der Waals surface area contributed by atoms with Crippen LogP contribution in [0.15, 0.2) is 18.2 Å². The number of benzene rings is 1. The average Bonchev–Trinajstić information content (AvgIpc) is 2.35. The van der Waals surface area contributed by atoms with Crippen LogP contribution in [0.1, 0.15) is 36.0 Å². The molecule has 1 aliphatic heterocycles. The minimum Gasteiger partial charge on any atom is -0.377 e. The van der Waals surface area contributed by atoms with E-state index in [4.69, 9.17) is 4.74 Å². The predicted molar refractivity (Wildman–Crippen MR) is 71.2 cm³/mol. The van der Waals surface area contributed by atoms with E-state index in [9.17, 15) is 0 Å². The first-order valence-electron chi connectivity index (χ1n) is 6.64. The summed E-state index contributed by atoms with van der Waals surface area (Å²) in [5.74, 6) is 0. The maximum Gasteiger partial charge on any atom is 0.0699 e. The second-order valence-corrected chi connectivity index (χ2v) is 5.05. The summed E-state index contributed by atoms with van der Waals surface area (Å²) in [5.41, 5.74) is 4.11. The summed E-state index contributed by atoms with van der Waals surface area (Å²) >= 11 is 0. The molecule has 1 aromatic carbocycles. The lowest BCUT2D eigenvalue weighted by Crippen LogP contribution is -2.31. The molecule has 1 aliphatic rings. The van der Waals surface area contributed by atoms with Crippen molar-refractivity contribution in [3.63, 3.8) is 0 Å². The number of ether oxygens (including phenoxy) is 1. The van der Waals surface area contributed by atoms with Crippen molar-refractivity contribution in [1.29, 1.82) is 0 Å². The number of hydrogen-bond donors (Lipinski definition) is 1. The third-order valence-corrected chi connectivity index (χ3v) is 3.47. The summed E-state index contributed by atoms with van der Waals surface area (Å²) in [7, 11) is 0. The van der Waals surface area contributed by atoms with Crippen LogP contribution in [0.25, 0.3) is 0 Å². The van der Waals surface area contributed by atoms with Gasteiger partial charge in [0.1, 0.15) is 0 Å². The molecule has 17 heavy (non-hydrogen) atoms. The van der Waals surface area contributed by atoms with Crippen LogP contribution in [0.5, 0.6) is 0 Å². The van der Waals surface area contributed by atoms with E-state index in [1.165, 1.54) is 36.0 Å². The van der Waals surface area contributed by atoms with Crippen molar-refractivity contribution < 1.29 is 4.74 Å². The van der Waals surface area contributed by atoms with Crippen LogP contribution in [-0.4, -0.2) is 19.3 Å². The minimum absolute atomic E-state index is 0.425. The zero-order valence-corrected chi connectivity index (χ0v) is 11.0. The number of aryl methyl sites for hydroxylation is 2. The standard InChI is InChI=1S/C15H23NO/c1-12-6-7-13(2)14(9-12)10-16-11-15-5-3-4-8-17-15/h6-7,9,15-16H,3-5,8,10-11H2,1-2H3. The number of hydrogen-bond acceptors (Lipinski definition) is 2. The van der Waals surface area contributed by atoms with Crippen LogP contribution in [0.3, 0.4) is 0 Å². The normalized spacial score (nSPS) is 20.5. The van der Waals surface area contributed by atoms with Gasteiger partial charge < -0.3 is 10.1 Å². The van der Waals surface area contributed by atoms with Gasteiger partial charge in [-0.05, 0) is 44.2 Å². The molecule has 1 heterocycles. The first-order valence-corrected chi connectivity index (χ1v) is 6.64. The lowest BCUT2D eigenvalue weighted by atomic mass is 10.1. The number of rotatable bonds is 4. The summed E-state index contributed by atoms with van der Waals surface area (Å²) in [4.78, 5) is 0. The predicted octanol–water partition coefficient (Wildman–Crippen LogP) is 2.96. The molecule has 0 amide bonds. The molecule has 1 atom stereocenters. The van der Waals surface area contributed by atoms with Gasteiger partial charge in [-0.1, -0.05) is 23.8 Å². The van der Waals surface area contributed by atoms with Gasteiger partial charge in [0.2, 0.25) is 0 Å². The Labute approximate surface area is 104 Å². The fourth-order valence-electron chi connectivity index (χ4n) is 2.33. The molecule has 94 valence electrons. The molecular weight excluding hydrogens is 210 g/mol. The molecule has 0 aliphatic carbocycles. The van der Waals surface area contributed by atoms with Gasteiger partial charge in [0.25, 0.3) is 0 Å². The van der Waals surface area contributed by atoms with Crippen molar-refractivity contribution >= 4 is 0 Å². The molecule has 1 N–H and O–H groups in total. The first kappa shape index (κ1) is 12.6. The lowest BCUT2D eigenvalue weighted by molar-refractivity contribution is 0.0168. The molecule has 0 aromatic heterocycles. The SMILES string of the molecule is Cc1ccc(C)c(CNCC2CCCCO2)c1. The highest BCUT2D eigenvalue weighted by Crippen LogP contribution is 2.13. The van der Waals surface area contributed by atoms with E-state index in [1.807, 2.05) is 0 Å². The second kappa shape index (κ2) is 6.18. The highest BCUT2D eigenvalue weighted by atomic mass is 16.5. The van der Waals surface area contributed by atoms with Crippen LogP contribution >= 0.6 is 0 Å². The van der Waals surface area contributed by atoms with Gasteiger partial charge in [0.15, 0.2) is 0 Å². The van der Waals surface area contributed by atoms with Gasteiger partial charge in [-0.25, -0.2) is 0 Å². The monoisotopic (exact) mass is 233 g/mol. The molecule has 0 saturated carbocycles. The van der Waals surface area contributed by atoms with E-state index in [0.29, 0.717) is 6.10 Å². The van der Waals surface area contributed by atoms with Gasteiger partial charge in [0, 0.05) is 19.7 Å². The Kier molecular flexibility index (Phi) is 4.57. The van der Waals surface area contributed by atoms with Crippen LogP contribution in [0, 0.1) is 13.8 Å². The van der Waals surface area contributed by atoms with Crippen molar-refractivity contribution in [3.8, 4) is 0 Å². The maximum atomic E-state index is 5.71. The van der Waals surface area contributed by atoms with Gasteiger partial charge in [-0.3, -0.25) is 0 Å². The largest absolute Gasteiger partial charge is 0.377 e. The third-order valence-electron chi connectivity index (χ3n) is 3.47. The van der Waals surface area contributed by atoms with Crippen LogP contribution in [-0.2, 0) is 11.3 Å². The van der Waals surface area contributed by atoms with Crippen molar-refractivity contribution in [3.05, 3.63) is 34.9 Å². The molecule has 2 rings (SSSR count). The van der Waals surface area contributed by atoms with Crippen LogP contribution in [0.2, 0.25) is 0 Å². The zero-order valence-electron chi connectivity index (χ0n) is 11.0. The van der Waals surface area contributed by atoms with E-state index < -0.39 is 0 Å².